The molecule has 0 unspecified atom stereocenters. The van der Waals surface area contributed by atoms with Crippen LogP contribution in [0.3, 0.4) is 0 Å². The molecule has 2 rings (SSSR count). The van der Waals surface area contributed by atoms with Gasteiger partial charge in [-0.15, -0.1) is 0 Å². The number of pyridine rings is 1. The van der Waals surface area contributed by atoms with Crippen LogP contribution >= 0.6 is 0 Å². The molecule has 0 saturated heterocycles. The minimum absolute atomic E-state index is 0.399. The summed E-state index contributed by atoms with van der Waals surface area (Å²) in [5.41, 5.74) is 2.29. The number of hydrogen-bond acceptors (Lipinski definition) is 3. The third-order valence-corrected chi connectivity index (χ3v) is 2.33. The highest BCUT2D eigenvalue weighted by molar-refractivity contribution is 5.61. The van der Waals surface area contributed by atoms with Gasteiger partial charge in [-0.1, -0.05) is 30.3 Å². The predicted octanol–water partition coefficient (Wildman–Crippen LogP) is 3.02. The van der Waals surface area contributed by atoms with Gasteiger partial charge >= 0.3 is 0 Å². The van der Waals surface area contributed by atoms with Crippen LogP contribution in [-0.4, -0.2) is 11.6 Å². The van der Waals surface area contributed by atoms with Crippen molar-refractivity contribution in [2.45, 2.75) is 6.92 Å². The van der Waals surface area contributed by atoms with E-state index in [1.807, 2.05) is 43.3 Å². The number of aromatic nitrogens is 1. The zero-order valence-electron chi connectivity index (χ0n) is 9.55. The van der Waals surface area contributed by atoms with Crippen molar-refractivity contribution >= 4 is 0 Å². The highest BCUT2D eigenvalue weighted by atomic mass is 16.5. The Hall–Kier alpha value is -2.34. The van der Waals surface area contributed by atoms with Crippen LogP contribution in [0.15, 0.2) is 42.5 Å². The molecule has 0 saturated carbocycles. The maximum Gasteiger partial charge on any atom is 0.232 e. The van der Waals surface area contributed by atoms with Crippen molar-refractivity contribution in [2.75, 3.05) is 6.61 Å². The summed E-state index contributed by atoms with van der Waals surface area (Å²) in [5, 5.41) is 8.94. The van der Waals surface area contributed by atoms with Crippen LogP contribution in [0, 0.1) is 11.3 Å². The van der Waals surface area contributed by atoms with Gasteiger partial charge in [-0.25, -0.2) is 4.98 Å². The Morgan fingerprint density at radius 3 is 2.59 bits per heavy atom. The fraction of sp³-hybridized carbons (Fsp3) is 0.143. The SMILES string of the molecule is CCOc1nc(-c2ccccc2)ccc1C#N. The number of nitrogens with zero attached hydrogens (tertiary/aromatic N) is 2. The molecular weight excluding hydrogens is 212 g/mol. The molecule has 2 aromatic rings. The van der Waals surface area contributed by atoms with E-state index in [0.29, 0.717) is 18.1 Å². The van der Waals surface area contributed by atoms with Gasteiger partial charge in [0.05, 0.1) is 12.3 Å². The average Bonchev–Trinajstić information content (AvgIpc) is 2.40. The molecule has 3 nitrogen and oxygen atoms in total. The van der Waals surface area contributed by atoms with Crippen molar-refractivity contribution in [2.24, 2.45) is 0 Å². The summed E-state index contributed by atoms with van der Waals surface area (Å²) in [5.74, 6) is 0.399. The molecule has 1 aromatic carbocycles. The normalized spacial score (nSPS) is 9.65. The van der Waals surface area contributed by atoms with Crippen molar-refractivity contribution in [3.05, 3.63) is 48.0 Å². The van der Waals surface area contributed by atoms with E-state index in [4.69, 9.17) is 10.00 Å². The summed E-state index contributed by atoms with van der Waals surface area (Å²) in [6.07, 6.45) is 0. The topological polar surface area (TPSA) is 45.9 Å². The van der Waals surface area contributed by atoms with E-state index in [0.717, 1.165) is 11.3 Å². The Labute approximate surface area is 100 Å². The second-order valence-corrected chi connectivity index (χ2v) is 3.46. The Morgan fingerprint density at radius 1 is 1.18 bits per heavy atom. The molecule has 0 atom stereocenters. The lowest BCUT2D eigenvalue weighted by Gasteiger charge is -2.06. The van der Waals surface area contributed by atoms with Crippen molar-refractivity contribution in [1.29, 1.82) is 5.26 Å². The van der Waals surface area contributed by atoms with Crippen LogP contribution in [0.5, 0.6) is 5.88 Å². The van der Waals surface area contributed by atoms with E-state index in [-0.39, 0.29) is 0 Å². The molecule has 0 aliphatic rings. The smallest absolute Gasteiger partial charge is 0.232 e. The van der Waals surface area contributed by atoms with Crippen molar-refractivity contribution in [1.82, 2.24) is 4.98 Å². The van der Waals surface area contributed by atoms with Gasteiger partial charge in [-0.2, -0.15) is 5.26 Å². The Kier molecular flexibility index (Phi) is 3.37. The second kappa shape index (κ2) is 5.13. The molecule has 84 valence electrons. The molecular formula is C14H12N2O. The summed E-state index contributed by atoms with van der Waals surface area (Å²) < 4.78 is 5.36. The van der Waals surface area contributed by atoms with E-state index < -0.39 is 0 Å². The Bertz CT molecular complexity index is 544. The van der Waals surface area contributed by atoms with Crippen LogP contribution in [-0.2, 0) is 0 Å². The first kappa shape index (κ1) is 11.2. The number of rotatable bonds is 3. The van der Waals surface area contributed by atoms with E-state index in [1.54, 1.807) is 6.07 Å². The summed E-state index contributed by atoms with van der Waals surface area (Å²) in [6, 6.07) is 15.5. The number of ether oxygens (including phenoxy) is 1. The average molecular weight is 224 g/mol. The largest absolute Gasteiger partial charge is 0.477 e. The molecule has 0 aliphatic heterocycles. The van der Waals surface area contributed by atoms with Crippen LogP contribution < -0.4 is 4.74 Å². The van der Waals surface area contributed by atoms with Gasteiger partial charge in [0, 0.05) is 5.56 Å². The van der Waals surface area contributed by atoms with Gasteiger partial charge < -0.3 is 4.74 Å². The molecule has 3 heteroatoms. The first-order chi connectivity index (χ1) is 8.35. The van der Waals surface area contributed by atoms with Gasteiger partial charge in [-0.3, -0.25) is 0 Å². The molecule has 0 N–H and O–H groups in total. The first-order valence-electron chi connectivity index (χ1n) is 5.44. The van der Waals surface area contributed by atoms with E-state index in [1.165, 1.54) is 0 Å². The van der Waals surface area contributed by atoms with E-state index in [9.17, 15) is 0 Å². The molecule has 0 aliphatic carbocycles. The summed E-state index contributed by atoms with van der Waals surface area (Å²) in [7, 11) is 0. The molecule has 1 heterocycles. The molecule has 1 aromatic heterocycles. The fourth-order valence-corrected chi connectivity index (χ4v) is 1.54. The lowest BCUT2D eigenvalue weighted by molar-refractivity contribution is 0.326. The molecule has 0 fully saturated rings. The predicted molar refractivity (Wildman–Crippen MR) is 65.6 cm³/mol. The molecule has 0 radical (unpaired) electrons. The zero-order valence-corrected chi connectivity index (χ0v) is 9.55. The number of hydrogen-bond donors (Lipinski definition) is 0. The van der Waals surface area contributed by atoms with Crippen LogP contribution in [0.2, 0.25) is 0 Å². The van der Waals surface area contributed by atoms with Gasteiger partial charge in [0.2, 0.25) is 5.88 Å². The van der Waals surface area contributed by atoms with Crippen molar-refractivity contribution in [3.8, 4) is 23.2 Å². The molecule has 17 heavy (non-hydrogen) atoms. The lowest BCUT2D eigenvalue weighted by Crippen LogP contribution is -1.98. The lowest BCUT2D eigenvalue weighted by atomic mass is 10.1. The second-order valence-electron chi connectivity index (χ2n) is 3.46. The maximum atomic E-state index is 8.94. The van der Waals surface area contributed by atoms with Gasteiger partial charge in [0.1, 0.15) is 11.6 Å². The minimum Gasteiger partial charge on any atom is -0.477 e. The summed E-state index contributed by atoms with van der Waals surface area (Å²) in [4.78, 5) is 4.36. The maximum absolute atomic E-state index is 8.94. The Morgan fingerprint density at radius 2 is 1.94 bits per heavy atom. The summed E-state index contributed by atoms with van der Waals surface area (Å²) in [6.45, 7) is 2.37. The molecule has 0 amide bonds. The number of nitriles is 1. The van der Waals surface area contributed by atoms with E-state index in [2.05, 4.69) is 11.1 Å². The standard InChI is InChI=1S/C14H12N2O/c1-2-17-14-12(10-15)8-9-13(16-14)11-6-4-3-5-7-11/h3-9H,2H2,1H3. The van der Waals surface area contributed by atoms with Crippen LogP contribution in [0.25, 0.3) is 11.3 Å². The third kappa shape index (κ3) is 2.43. The third-order valence-electron chi connectivity index (χ3n) is 2.33. The van der Waals surface area contributed by atoms with Crippen molar-refractivity contribution < 1.29 is 4.74 Å². The fourth-order valence-electron chi connectivity index (χ4n) is 1.54. The quantitative estimate of drug-likeness (QED) is 0.805. The summed E-state index contributed by atoms with van der Waals surface area (Å²) >= 11 is 0. The van der Waals surface area contributed by atoms with Crippen LogP contribution in [0.4, 0.5) is 0 Å². The molecule has 0 spiro atoms. The Balaban J connectivity index is 2.45. The monoisotopic (exact) mass is 224 g/mol. The highest BCUT2D eigenvalue weighted by Crippen LogP contribution is 2.22. The van der Waals surface area contributed by atoms with Crippen LogP contribution in [0.1, 0.15) is 12.5 Å². The minimum atomic E-state index is 0.399. The van der Waals surface area contributed by atoms with Gasteiger partial charge in [0.15, 0.2) is 0 Å². The van der Waals surface area contributed by atoms with Gasteiger partial charge in [0.25, 0.3) is 0 Å². The molecule has 0 bridgehead atoms. The zero-order chi connectivity index (χ0) is 12.1. The van der Waals surface area contributed by atoms with Crippen molar-refractivity contribution in [3.63, 3.8) is 0 Å². The number of benzene rings is 1. The highest BCUT2D eigenvalue weighted by Gasteiger charge is 2.07. The first-order valence-corrected chi connectivity index (χ1v) is 5.44. The van der Waals surface area contributed by atoms with E-state index >= 15 is 0 Å². The van der Waals surface area contributed by atoms with Gasteiger partial charge in [-0.05, 0) is 19.1 Å².